The van der Waals surface area contributed by atoms with Crippen molar-refractivity contribution in [2.24, 2.45) is 0 Å². The first-order chi connectivity index (χ1) is 5.57. The van der Waals surface area contributed by atoms with Gasteiger partial charge in [-0.3, -0.25) is 0 Å². The molecule has 72 valence electrons. The van der Waals surface area contributed by atoms with E-state index in [1.807, 2.05) is 13.8 Å². The lowest BCUT2D eigenvalue weighted by Gasteiger charge is -2.11. The summed E-state index contributed by atoms with van der Waals surface area (Å²) < 4.78 is 9.95. The lowest BCUT2D eigenvalue weighted by molar-refractivity contribution is -0.155. The smallest absolute Gasteiger partial charge is 0.334 e. The maximum Gasteiger partial charge on any atom is 0.334 e. The van der Waals surface area contributed by atoms with Gasteiger partial charge in [0.2, 0.25) is 0 Å². The van der Waals surface area contributed by atoms with E-state index in [4.69, 9.17) is 9.47 Å². The standard InChI is InChI=1S/C8H15BrO3/c1-4-11-7(3)8(10)12-5-6(2)9/h6-7H,4-5H2,1-3H3. The molecule has 12 heavy (non-hydrogen) atoms. The van der Waals surface area contributed by atoms with Crippen molar-refractivity contribution >= 4 is 21.9 Å². The zero-order valence-electron chi connectivity index (χ0n) is 7.67. The molecule has 0 spiro atoms. The Kier molecular flexibility index (Phi) is 6.38. The van der Waals surface area contributed by atoms with Crippen molar-refractivity contribution < 1.29 is 14.3 Å². The highest BCUT2D eigenvalue weighted by molar-refractivity contribution is 9.09. The van der Waals surface area contributed by atoms with E-state index in [1.54, 1.807) is 6.92 Å². The van der Waals surface area contributed by atoms with E-state index >= 15 is 0 Å². The first-order valence-corrected chi connectivity index (χ1v) is 4.91. The lowest BCUT2D eigenvalue weighted by Crippen LogP contribution is -2.25. The second-order valence-electron chi connectivity index (χ2n) is 2.51. The zero-order chi connectivity index (χ0) is 9.56. The molecule has 2 atom stereocenters. The number of hydrogen-bond donors (Lipinski definition) is 0. The van der Waals surface area contributed by atoms with Gasteiger partial charge in [-0.1, -0.05) is 15.9 Å². The van der Waals surface area contributed by atoms with Gasteiger partial charge in [-0.05, 0) is 20.8 Å². The van der Waals surface area contributed by atoms with Crippen molar-refractivity contribution in [1.82, 2.24) is 0 Å². The average Bonchev–Trinajstić information content (AvgIpc) is 2.00. The Bertz CT molecular complexity index is 136. The number of ether oxygens (including phenoxy) is 2. The summed E-state index contributed by atoms with van der Waals surface area (Å²) in [5.41, 5.74) is 0. The number of hydrogen-bond acceptors (Lipinski definition) is 3. The van der Waals surface area contributed by atoms with Crippen LogP contribution < -0.4 is 0 Å². The normalized spacial score (nSPS) is 15.3. The van der Waals surface area contributed by atoms with Gasteiger partial charge in [-0.25, -0.2) is 4.79 Å². The molecular formula is C8H15BrO3. The van der Waals surface area contributed by atoms with Crippen molar-refractivity contribution in [2.45, 2.75) is 31.7 Å². The molecule has 2 unspecified atom stereocenters. The van der Waals surface area contributed by atoms with E-state index in [1.165, 1.54) is 0 Å². The van der Waals surface area contributed by atoms with Gasteiger partial charge in [0.25, 0.3) is 0 Å². The van der Waals surface area contributed by atoms with E-state index in [2.05, 4.69) is 15.9 Å². The Morgan fingerprint density at radius 3 is 2.50 bits per heavy atom. The maximum absolute atomic E-state index is 11.1. The summed E-state index contributed by atoms with van der Waals surface area (Å²) in [4.78, 5) is 11.3. The SMILES string of the molecule is CCOC(C)C(=O)OCC(C)Br. The highest BCUT2D eigenvalue weighted by Gasteiger charge is 2.14. The van der Waals surface area contributed by atoms with Crippen LogP contribution in [0.1, 0.15) is 20.8 Å². The monoisotopic (exact) mass is 238 g/mol. The fraction of sp³-hybridized carbons (Fsp3) is 0.875. The molecule has 0 aliphatic carbocycles. The van der Waals surface area contributed by atoms with E-state index < -0.39 is 6.10 Å². The third kappa shape index (κ3) is 5.55. The molecule has 0 saturated carbocycles. The van der Waals surface area contributed by atoms with Crippen LogP contribution in [0.15, 0.2) is 0 Å². The maximum atomic E-state index is 11.1. The highest BCUT2D eigenvalue weighted by Crippen LogP contribution is 2.00. The highest BCUT2D eigenvalue weighted by atomic mass is 79.9. The topological polar surface area (TPSA) is 35.5 Å². The average molecular weight is 239 g/mol. The van der Waals surface area contributed by atoms with Gasteiger partial charge in [0, 0.05) is 11.4 Å². The Balaban J connectivity index is 3.57. The second-order valence-corrected chi connectivity index (χ2v) is 4.07. The van der Waals surface area contributed by atoms with Crippen LogP contribution in [0.2, 0.25) is 0 Å². The number of alkyl halides is 1. The Hall–Kier alpha value is -0.0900. The first kappa shape index (κ1) is 11.9. The molecule has 0 aromatic heterocycles. The predicted octanol–water partition coefficient (Wildman–Crippen LogP) is 1.74. The van der Waals surface area contributed by atoms with Crippen molar-refractivity contribution in [1.29, 1.82) is 0 Å². The zero-order valence-corrected chi connectivity index (χ0v) is 9.26. The Morgan fingerprint density at radius 1 is 1.50 bits per heavy atom. The molecule has 0 amide bonds. The van der Waals surface area contributed by atoms with Gasteiger partial charge in [-0.2, -0.15) is 0 Å². The van der Waals surface area contributed by atoms with E-state index in [9.17, 15) is 4.79 Å². The number of halogens is 1. The van der Waals surface area contributed by atoms with Gasteiger partial charge in [0.15, 0.2) is 6.10 Å². The molecule has 0 N–H and O–H groups in total. The van der Waals surface area contributed by atoms with Crippen LogP contribution >= 0.6 is 15.9 Å². The van der Waals surface area contributed by atoms with Crippen molar-refractivity contribution in [3.8, 4) is 0 Å². The second kappa shape index (κ2) is 6.43. The van der Waals surface area contributed by atoms with E-state index in [0.29, 0.717) is 13.2 Å². The van der Waals surface area contributed by atoms with Crippen LogP contribution in [0.3, 0.4) is 0 Å². The fourth-order valence-corrected chi connectivity index (χ4v) is 0.765. The number of esters is 1. The van der Waals surface area contributed by atoms with E-state index in [-0.39, 0.29) is 10.8 Å². The van der Waals surface area contributed by atoms with Crippen LogP contribution in [-0.2, 0) is 14.3 Å². The molecule has 0 rings (SSSR count). The number of rotatable bonds is 5. The molecule has 0 aliphatic rings. The molecule has 0 aliphatic heterocycles. The van der Waals surface area contributed by atoms with Crippen molar-refractivity contribution in [3.63, 3.8) is 0 Å². The summed E-state index contributed by atoms with van der Waals surface area (Å²) in [6, 6.07) is 0. The van der Waals surface area contributed by atoms with Crippen LogP contribution in [0.5, 0.6) is 0 Å². The third-order valence-electron chi connectivity index (χ3n) is 1.20. The van der Waals surface area contributed by atoms with Gasteiger partial charge >= 0.3 is 5.97 Å². The van der Waals surface area contributed by atoms with Crippen molar-refractivity contribution in [2.75, 3.05) is 13.2 Å². The molecule has 0 fully saturated rings. The summed E-state index contributed by atoms with van der Waals surface area (Å²) >= 11 is 3.27. The van der Waals surface area contributed by atoms with Crippen LogP contribution in [-0.4, -0.2) is 30.1 Å². The van der Waals surface area contributed by atoms with Gasteiger partial charge in [0.1, 0.15) is 6.61 Å². The molecule has 0 heterocycles. The summed E-state index contributed by atoms with van der Waals surface area (Å²) in [6.07, 6.45) is -0.457. The van der Waals surface area contributed by atoms with Gasteiger partial charge in [0.05, 0.1) is 0 Å². The molecular weight excluding hydrogens is 224 g/mol. The van der Waals surface area contributed by atoms with Crippen LogP contribution in [0.25, 0.3) is 0 Å². The summed E-state index contributed by atoms with van der Waals surface area (Å²) in [5, 5.41) is 0. The molecule has 4 heteroatoms. The quantitative estimate of drug-likeness (QED) is 0.541. The lowest BCUT2D eigenvalue weighted by atomic mass is 10.4. The van der Waals surface area contributed by atoms with E-state index in [0.717, 1.165) is 0 Å². The van der Waals surface area contributed by atoms with Crippen LogP contribution in [0.4, 0.5) is 0 Å². The number of carbonyl (C=O) groups excluding carboxylic acids is 1. The minimum absolute atomic E-state index is 0.190. The Labute approximate surface area is 81.6 Å². The first-order valence-electron chi connectivity index (χ1n) is 4.00. The summed E-state index contributed by atoms with van der Waals surface area (Å²) in [7, 11) is 0. The minimum atomic E-state index is -0.457. The fourth-order valence-electron chi connectivity index (χ4n) is 0.632. The van der Waals surface area contributed by atoms with Gasteiger partial charge in [-0.15, -0.1) is 0 Å². The largest absolute Gasteiger partial charge is 0.463 e. The molecule has 0 saturated heterocycles. The van der Waals surface area contributed by atoms with Crippen LogP contribution in [0, 0.1) is 0 Å². The third-order valence-corrected chi connectivity index (χ3v) is 1.47. The predicted molar refractivity (Wildman–Crippen MR) is 50.4 cm³/mol. The summed E-state index contributed by atoms with van der Waals surface area (Å²) in [6.45, 7) is 6.36. The molecule has 0 radical (unpaired) electrons. The molecule has 3 nitrogen and oxygen atoms in total. The van der Waals surface area contributed by atoms with Gasteiger partial charge < -0.3 is 9.47 Å². The molecule has 0 bridgehead atoms. The van der Waals surface area contributed by atoms with Crippen molar-refractivity contribution in [3.05, 3.63) is 0 Å². The Morgan fingerprint density at radius 2 is 2.08 bits per heavy atom. The minimum Gasteiger partial charge on any atom is -0.463 e. The molecule has 0 aromatic carbocycles. The molecule has 0 aromatic rings. The summed E-state index contributed by atoms with van der Waals surface area (Å²) in [5.74, 6) is -0.303. The number of carbonyl (C=O) groups is 1.